The highest BCUT2D eigenvalue weighted by molar-refractivity contribution is 5.94. The second-order valence-corrected chi connectivity index (χ2v) is 5.92. The largest absolute Gasteiger partial charge is 0.480 e. The molecule has 0 aliphatic heterocycles. The van der Waals surface area contributed by atoms with Crippen LogP contribution in [0.3, 0.4) is 0 Å². The molecule has 0 saturated heterocycles. The van der Waals surface area contributed by atoms with E-state index < -0.39 is 22.8 Å². The number of rotatable bonds is 7. The molecule has 9 nitrogen and oxygen atoms in total. The Bertz CT molecular complexity index is 799. The smallest absolute Gasteiger partial charge is 0.326 e. The summed E-state index contributed by atoms with van der Waals surface area (Å²) in [5.41, 5.74) is 0.355. The Morgan fingerprint density at radius 1 is 1.36 bits per heavy atom. The van der Waals surface area contributed by atoms with E-state index in [2.05, 4.69) is 10.4 Å². The lowest BCUT2D eigenvalue weighted by atomic mass is 10.0. The maximum atomic E-state index is 12.2. The van der Waals surface area contributed by atoms with E-state index in [4.69, 9.17) is 0 Å². The van der Waals surface area contributed by atoms with Crippen LogP contribution >= 0.6 is 0 Å². The molecule has 0 saturated carbocycles. The first-order chi connectivity index (χ1) is 11.8. The third kappa shape index (κ3) is 4.63. The lowest BCUT2D eigenvalue weighted by Gasteiger charge is -2.15. The van der Waals surface area contributed by atoms with Gasteiger partial charge in [-0.15, -0.1) is 0 Å². The van der Waals surface area contributed by atoms with E-state index in [-0.39, 0.29) is 17.3 Å². The Kier molecular flexibility index (Phi) is 5.48. The van der Waals surface area contributed by atoms with Gasteiger partial charge in [-0.2, -0.15) is 5.10 Å². The fourth-order valence-electron chi connectivity index (χ4n) is 2.26. The van der Waals surface area contributed by atoms with E-state index >= 15 is 0 Å². The molecule has 0 radical (unpaired) electrons. The Labute approximate surface area is 143 Å². The van der Waals surface area contributed by atoms with Crippen LogP contribution in [0.4, 0.5) is 5.69 Å². The number of benzene rings is 1. The maximum absolute atomic E-state index is 12.2. The zero-order chi connectivity index (χ0) is 18.6. The van der Waals surface area contributed by atoms with Crippen LogP contribution in [-0.4, -0.2) is 37.7 Å². The monoisotopic (exact) mass is 346 g/mol. The van der Waals surface area contributed by atoms with E-state index in [1.807, 2.05) is 13.8 Å². The molecule has 2 N–H and O–H groups in total. The molecule has 1 amide bonds. The number of nitro groups is 1. The quantitative estimate of drug-likeness (QED) is 0.583. The summed E-state index contributed by atoms with van der Waals surface area (Å²) in [4.78, 5) is 33.7. The van der Waals surface area contributed by atoms with Crippen molar-refractivity contribution >= 4 is 17.6 Å². The molecule has 0 fully saturated rings. The number of hydrogen-bond donors (Lipinski definition) is 2. The molecule has 0 aliphatic rings. The number of carboxylic acids is 1. The van der Waals surface area contributed by atoms with Gasteiger partial charge in [-0.1, -0.05) is 19.9 Å². The summed E-state index contributed by atoms with van der Waals surface area (Å²) < 4.78 is 1.32. The van der Waals surface area contributed by atoms with Gasteiger partial charge in [0.2, 0.25) is 0 Å². The van der Waals surface area contributed by atoms with Crippen LogP contribution in [-0.2, 0) is 4.79 Å². The third-order valence-corrected chi connectivity index (χ3v) is 3.44. The van der Waals surface area contributed by atoms with Crippen molar-refractivity contribution in [2.45, 2.75) is 26.3 Å². The van der Waals surface area contributed by atoms with E-state index in [9.17, 15) is 24.8 Å². The van der Waals surface area contributed by atoms with Crippen LogP contribution in [0.1, 0.15) is 30.8 Å². The van der Waals surface area contributed by atoms with Gasteiger partial charge < -0.3 is 10.4 Å². The number of amides is 1. The van der Waals surface area contributed by atoms with Gasteiger partial charge in [0.1, 0.15) is 6.04 Å². The van der Waals surface area contributed by atoms with Gasteiger partial charge in [0, 0.05) is 18.3 Å². The highest BCUT2D eigenvalue weighted by Crippen LogP contribution is 2.16. The van der Waals surface area contributed by atoms with E-state index in [1.165, 1.54) is 35.1 Å². The summed E-state index contributed by atoms with van der Waals surface area (Å²) in [6, 6.07) is 6.22. The number of carbonyl (C=O) groups excluding carboxylic acids is 1. The molecule has 9 heteroatoms. The first kappa shape index (κ1) is 18.1. The zero-order valence-corrected chi connectivity index (χ0v) is 13.7. The van der Waals surface area contributed by atoms with E-state index in [0.717, 1.165) is 0 Å². The van der Waals surface area contributed by atoms with Crippen molar-refractivity contribution in [2.75, 3.05) is 0 Å². The Hall–Kier alpha value is -3.23. The first-order valence-electron chi connectivity index (χ1n) is 7.62. The second kappa shape index (κ2) is 7.56. The summed E-state index contributed by atoms with van der Waals surface area (Å²) in [6.45, 7) is 3.72. The number of nitrogens with one attached hydrogen (secondary N) is 1. The summed E-state index contributed by atoms with van der Waals surface area (Å²) >= 11 is 0. The standard InChI is InChI=1S/C16H18N4O5/c1-10(2)8-14(16(22)23)17-15(21)13-6-7-19(18-13)11-4-3-5-12(9-11)20(24)25/h3-7,9-10,14H,8H2,1-2H3,(H,17,21)(H,22,23). The molecule has 1 heterocycles. The van der Waals surface area contributed by atoms with Crippen molar-refractivity contribution in [3.05, 3.63) is 52.3 Å². The fourth-order valence-corrected chi connectivity index (χ4v) is 2.26. The van der Waals surface area contributed by atoms with E-state index in [1.54, 1.807) is 6.07 Å². The van der Waals surface area contributed by atoms with Crippen LogP contribution in [0.2, 0.25) is 0 Å². The Morgan fingerprint density at radius 2 is 2.08 bits per heavy atom. The minimum Gasteiger partial charge on any atom is -0.480 e. The van der Waals surface area contributed by atoms with Crippen LogP contribution in [0.25, 0.3) is 5.69 Å². The van der Waals surface area contributed by atoms with Gasteiger partial charge in [-0.05, 0) is 24.5 Å². The molecule has 2 rings (SSSR count). The van der Waals surface area contributed by atoms with Crippen LogP contribution < -0.4 is 5.32 Å². The number of hydrogen-bond acceptors (Lipinski definition) is 5. The van der Waals surface area contributed by atoms with Gasteiger partial charge in [0.25, 0.3) is 11.6 Å². The van der Waals surface area contributed by atoms with Gasteiger partial charge in [-0.25, -0.2) is 9.48 Å². The molecule has 1 aromatic carbocycles. The van der Waals surface area contributed by atoms with Gasteiger partial charge in [0.15, 0.2) is 5.69 Å². The minimum absolute atomic E-state index is 0.0292. The van der Waals surface area contributed by atoms with Crippen molar-refractivity contribution in [1.82, 2.24) is 15.1 Å². The number of nitro benzene ring substituents is 1. The molecule has 0 spiro atoms. The lowest BCUT2D eigenvalue weighted by Crippen LogP contribution is -2.41. The van der Waals surface area contributed by atoms with Crippen molar-refractivity contribution in [3.63, 3.8) is 0 Å². The number of aromatic nitrogens is 2. The molecule has 1 atom stereocenters. The molecular weight excluding hydrogens is 328 g/mol. The molecule has 25 heavy (non-hydrogen) atoms. The summed E-state index contributed by atoms with van der Waals surface area (Å²) in [5, 5.41) is 26.5. The first-order valence-corrected chi connectivity index (χ1v) is 7.62. The van der Waals surface area contributed by atoms with Crippen LogP contribution in [0, 0.1) is 16.0 Å². The summed E-state index contributed by atoms with van der Waals surface area (Å²) in [6.07, 6.45) is 1.78. The SMILES string of the molecule is CC(C)CC(NC(=O)c1ccn(-c2cccc([N+](=O)[O-])c2)n1)C(=O)O. The summed E-state index contributed by atoms with van der Waals surface area (Å²) in [7, 11) is 0. The van der Waals surface area contributed by atoms with Crippen molar-refractivity contribution in [2.24, 2.45) is 5.92 Å². The number of aliphatic carboxylic acids is 1. The predicted octanol–water partition coefficient (Wildman–Crippen LogP) is 2.01. The molecule has 132 valence electrons. The Morgan fingerprint density at radius 3 is 2.68 bits per heavy atom. The van der Waals surface area contributed by atoms with Crippen LogP contribution in [0.5, 0.6) is 0 Å². The van der Waals surface area contributed by atoms with Crippen LogP contribution in [0.15, 0.2) is 36.5 Å². The number of non-ortho nitro benzene ring substituents is 1. The van der Waals surface area contributed by atoms with E-state index in [0.29, 0.717) is 12.1 Å². The highest BCUT2D eigenvalue weighted by atomic mass is 16.6. The zero-order valence-electron chi connectivity index (χ0n) is 13.7. The molecule has 1 aromatic heterocycles. The fraction of sp³-hybridized carbons (Fsp3) is 0.312. The number of carboxylic acid groups (broad SMARTS) is 1. The van der Waals surface area contributed by atoms with Crippen molar-refractivity contribution in [3.8, 4) is 5.69 Å². The van der Waals surface area contributed by atoms with Gasteiger partial charge in [-0.3, -0.25) is 14.9 Å². The predicted molar refractivity (Wildman–Crippen MR) is 88.6 cm³/mol. The van der Waals surface area contributed by atoms with Gasteiger partial charge >= 0.3 is 5.97 Å². The minimum atomic E-state index is -1.11. The number of nitrogens with zero attached hydrogens (tertiary/aromatic N) is 3. The van der Waals surface area contributed by atoms with Gasteiger partial charge in [0.05, 0.1) is 10.6 Å². The topological polar surface area (TPSA) is 127 Å². The third-order valence-electron chi connectivity index (χ3n) is 3.44. The molecule has 0 aliphatic carbocycles. The normalized spacial score (nSPS) is 12.0. The van der Waals surface area contributed by atoms with Crippen molar-refractivity contribution in [1.29, 1.82) is 0 Å². The Balaban J connectivity index is 2.17. The van der Waals surface area contributed by atoms with Crippen molar-refractivity contribution < 1.29 is 19.6 Å². The maximum Gasteiger partial charge on any atom is 0.326 e. The molecule has 0 bridgehead atoms. The second-order valence-electron chi connectivity index (χ2n) is 5.92. The average Bonchev–Trinajstić information content (AvgIpc) is 3.04. The summed E-state index contributed by atoms with van der Waals surface area (Å²) in [5.74, 6) is -1.62. The molecule has 2 aromatic rings. The average molecular weight is 346 g/mol. The lowest BCUT2D eigenvalue weighted by molar-refractivity contribution is -0.384. The number of carbonyl (C=O) groups is 2. The molecule has 1 unspecified atom stereocenters. The highest BCUT2D eigenvalue weighted by Gasteiger charge is 2.23. The molecular formula is C16H18N4O5.